The van der Waals surface area contributed by atoms with E-state index in [-0.39, 0.29) is 6.04 Å². The highest BCUT2D eigenvalue weighted by molar-refractivity contribution is 5.47. The zero-order valence-electron chi connectivity index (χ0n) is 12.9. The van der Waals surface area contributed by atoms with E-state index in [0.29, 0.717) is 0 Å². The average molecular weight is 268 g/mol. The molecular formula is C18H24N2. The Morgan fingerprint density at radius 2 is 1.50 bits per heavy atom. The van der Waals surface area contributed by atoms with Crippen LogP contribution in [0.1, 0.15) is 28.3 Å². The Balaban J connectivity index is 2.17. The minimum atomic E-state index is 0.0472. The van der Waals surface area contributed by atoms with E-state index in [0.717, 1.165) is 6.42 Å². The number of rotatable bonds is 4. The summed E-state index contributed by atoms with van der Waals surface area (Å²) >= 11 is 0. The summed E-state index contributed by atoms with van der Waals surface area (Å²) < 4.78 is 0. The van der Waals surface area contributed by atoms with Crippen LogP contribution in [0.2, 0.25) is 0 Å². The molecule has 2 rings (SSSR count). The van der Waals surface area contributed by atoms with E-state index >= 15 is 0 Å². The first-order chi connectivity index (χ1) is 9.49. The molecule has 20 heavy (non-hydrogen) atoms. The molecule has 2 nitrogen and oxygen atoms in total. The third-order valence-electron chi connectivity index (χ3n) is 3.91. The Bertz CT molecular complexity index is 550. The van der Waals surface area contributed by atoms with Crippen molar-refractivity contribution in [3.05, 3.63) is 64.7 Å². The third kappa shape index (κ3) is 3.20. The lowest BCUT2D eigenvalue weighted by atomic mass is 9.93. The maximum Gasteiger partial charge on any atom is 0.0361 e. The normalized spacial score (nSPS) is 12.2. The van der Waals surface area contributed by atoms with Crippen molar-refractivity contribution in [2.45, 2.75) is 26.3 Å². The van der Waals surface area contributed by atoms with Crippen LogP contribution in [-0.2, 0) is 6.42 Å². The van der Waals surface area contributed by atoms with E-state index in [1.165, 1.54) is 27.9 Å². The van der Waals surface area contributed by atoms with Crippen LogP contribution in [0.15, 0.2) is 42.5 Å². The standard InChI is InChI=1S/C18H24N2/c1-13-6-5-7-14(2)17(13)12-18(19)15-8-10-16(11-9-15)20(3)4/h5-11,18H,12,19H2,1-4H3. The Morgan fingerprint density at radius 1 is 0.950 bits per heavy atom. The number of hydrogen-bond acceptors (Lipinski definition) is 2. The Kier molecular flexibility index (Phi) is 4.46. The molecule has 0 aliphatic carbocycles. The third-order valence-corrected chi connectivity index (χ3v) is 3.91. The minimum Gasteiger partial charge on any atom is -0.378 e. The SMILES string of the molecule is Cc1cccc(C)c1CC(N)c1ccc(N(C)C)cc1. The molecule has 0 heterocycles. The summed E-state index contributed by atoms with van der Waals surface area (Å²) in [4.78, 5) is 2.10. The van der Waals surface area contributed by atoms with Crippen LogP contribution in [0.4, 0.5) is 5.69 Å². The minimum absolute atomic E-state index is 0.0472. The largest absolute Gasteiger partial charge is 0.378 e. The molecule has 2 aromatic rings. The second-order valence-electron chi connectivity index (χ2n) is 5.67. The lowest BCUT2D eigenvalue weighted by Crippen LogP contribution is -2.15. The molecule has 0 saturated heterocycles. The highest BCUT2D eigenvalue weighted by atomic mass is 15.1. The molecule has 2 aromatic carbocycles. The molecule has 106 valence electrons. The quantitative estimate of drug-likeness (QED) is 0.917. The molecule has 1 atom stereocenters. The lowest BCUT2D eigenvalue weighted by molar-refractivity contribution is 0.715. The topological polar surface area (TPSA) is 29.3 Å². The van der Waals surface area contributed by atoms with E-state index in [1.807, 2.05) is 14.1 Å². The summed E-state index contributed by atoms with van der Waals surface area (Å²) in [6, 6.07) is 15.0. The van der Waals surface area contributed by atoms with Gasteiger partial charge >= 0.3 is 0 Å². The maximum atomic E-state index is 6.38. The van der Waals surface area contributed by atoms with Crippen molar-refractivity contribution in [2.75, 3.05) is 19.0 Å². The van der Waals surface area contributed by atoms with Crippen molar-refractivity contribution >= 4 is 5.69 Å². The monoisotopic (exact) mass is 268 g/mol. The molecule has 0 aromatic heterocycles. The Hall–Kier alpha value is -1.80. The molecular weight excluding hydrogens is 244 g/mol. The fourth-order valence-electron chi connectivity index (χ4n) is 2.53. The van der Waals surface area contributed by atoms with E-state index < -0.39 is 0 Å². The van der Waals surface area contributed by atoms with Gasteiger partial charge in [0.1, 0.15) is 0 Å². The van der Waals surface area contributed by atoms with Crippen molar-refractivity contribution in [3.8, 4) is 0 Å². The van der Waals surface area contributed by atoms with Crippen molar-refractivity contribution < 1.29 is 0 Å². The van der Waals surface area contributed by atoms with Crippen LogP contribution in [0.3, 0.4) is 0 Å². The number of nitrogens with two attached hydrogens (primary N) is 1. The highest BCUT2D eigenvalue weighted by Crippen LogP contribution is 2.23. The predicted octanol–water partition coefficient (Wildman–Crippen LogP) is 3.61. The number of nitrogens with zero attached hydrogens (tertiary/aromatic N) is 1. The first-order valence-electron chi connectivity index (χ1n) is 7.07. The van der Waals surface area contributed by atoms with E-state index in [4.69, 9.17) is 5.73 Å². The van der Waals surface area contributed by atoms with Gasteiger partial charge in [-0.1, -0.05) is 30.3 Å². The molecule has 0 amide bonds. The molecule has 0 aliphatic heterocycles. The summed E-state index contributed by atoms with van der Waals surface area (Å²) in [5.41, 5.74) is 12.8. The van der Waals surface area contributed by atoms with Crippen molar-refractivity contribution in [2.24, 2.45) is 5.73 Å². The zero-order chi connectivity index (χ0) is 14.7. The summed E-state index contributed by atoms with van der Waals surface area (Å²) in [6.45, 7) is 4.31. The van der Waals surface area contributed by atoms with Gasteiger partial charge in [-0.2, -0.15) is 0 Å². The number of benzene rings is 2. The number of aryl methyl sites for hydroxylation is 2. The van der Waals surface area contributed by atoms with Crippen LogP contribution in [0.25, 0.3) is 0 Å². The highest BCUT2D eigenvalue weighted by Gasteiger charge is 2.10. The Morgan fingerprint density at radius 3 is 2.00 bits per heavy atom. The number of anilines is 1. The smallest absolute Gasteiger partial charge is 0.0361 e. The number of hydrogen-bond donors (Lipinski definition) is 1. The van der Waals surface area contributed by atoms with Gasteiger partial charge in [-0.3, -0.25) is 0 Å². The van der Waals surface area contributed by atoms with Gasteiger partial charge in [-0.25, -0.2) is 0 Å². The second kappa shape index (κ2) is 6.10. The van der Waals surface area contributed by atoms with Crippen LogP contribution < -0.4 is 10.6 Å². The van der Waals surface area contributed by atoms with Gasteiger partial charge in [0.2, 0.25) is 0 Å². The van der Waals surface area contributed by atoms with Crippen molar-refractivity contribution in [3.63, 3.8) is 0 Å². The van der Waals surface area contributed by atoms with E-state index in [2.05, 4.69) is 61.2 Å². The van der Waals surface area contributed by atoms with Gasteiger partial charge in [0, 0.05) is 25.8 Å². The molecule has 2 heteroatoms. The summed E-state index contributed by atoms with van der Waals surface area (Å²) in [5, 5.41) is 0. The van der Waals surface area contributed by atoms with Crippen LogP contribution in [0, 0.1) is 13.8 Å². The second-order valence-corrected chi connectivity index (χ2v) is 5.67. The molecule has 0 fully saturated rings. The molecule has 0 bridgehead atoms. The van der Waals surface area contributed by atoms with E-state index in [1.54, 1.807) is 0 Å². The molecule has 0 aliphatic rings. The summed E-state index contributed by atoms with van der Waals surface area (Å²) in [5.74, 6) is 0. The van der Waals surface area contributed by atoms with Crippen LogP contribution in [0.5, 0.6) is 0 Å². The lowest BCUT2D eigenvalue weighted by Gasteiger charge is -2.18. The summed E-state index contributed by atoms with van der Waals surface area (Å²) in [6.07, 6.45) is 0.889. The van der Waals surface area contributed by atoms with Gasteiger partial charge in [0.25, 0.3) is 0 Å². The zero-order valence-corrected chi connectivity index (χ0v) is 12.9. The van der Waals surface area contributed by atoms with Gasteiger partial charge in [-0.15, -0.1) is 0 Å². The predicted molar refractivity (Wildman–Crippen MR) is 87.3 cm³/mol. The first-order valence-corrected chi connectivity index (χ1v) is 7.07. The van der Waals surface area contributed by atoms with Crippen LogP contribution in [-0.4, -0.2) is 14.1 Å². The van der Waals surface area contributed by atoms with Crippen molar-refractivity contribution in [1.29, 1.82) is 0 Å². The molecule has 0 saturated carbocycles. The van der Waals surface area contributed by atoms with Gasteiger partial charge in [-0.05, 0) is 54.7 Å². The maximum absolute atomic E-state index is 6.38. The van der Waals surface area contributed by atoms with Crippen molar-refractivity contribution in [1.82, 2.24) is 0 Å². The van der Waals surface area contributed by atoms with Gasteiger partial charge in [0.15, 0.2) is 0 Å². The fourth-order valence-corrected chi connectivity index (χ4v) is 2.53. The van der Waals surface area contributed by atoms with E-state index in [9.17, 15) is 0 Å². The average Bonchev–Trinajstić information content (AvgIpc) is 2.43. The molecule has 0 spiro atoms. The molecule has 1 unspecified atom stereocenters. The molecule has 0 radical (unpaired) electrons. The Labute approximate surface area is 122 Å². The van der Waals surface area contributed by atoms with Gasteiger partial charge < -0.3 is 10.6 Å². The molecule has 2 N–H and O–H groups in total. The summed E-state index contributed by atoms with van der Waals surface area (Å²) in [7, 11) is 4.09. The van der Waals surface area contributed by atoms with Crippen LogP contribution >= 0.6 is 0 Å². The van der Waals surface area contributed by atoms with Gasteiger partial charge in [0.05, 0.1) is 0 Å². The first kappa shape index (κ1) is 14.6. The fraction of sp³-hybridized carbons (Fsp3) is 0.333.